The molecule has 0 spiro atoms. The molecule has 0 aliphatic carbocycles. The molecule has 0 amide bonds. The van der Waals surface area contributed by atoms with Crippen molar-refractivity contribution in [3.05, 3.63) is 0 Å². The van der Waals surface area contributed by atoms with E-state index >= 15 is 0 Å². The highest BCUT2D eigenvalue weighted by atomic mass is 28.2. The van der Waals surface area contributed by atoms with E-state index in [4.69, 9.17) is 0 Å². The maximum atomic E-state index is 3.35. The van der Waals surface area contributed by atoms with E-state index < -0.39 is 0 Å². The third-order valence-electron chi connectivity index (χ3n) is 2.93. The Hall–Kier alpha value is 0.137. The second kappa shape index (κ2) is 7.53. The third kappa shape index (κ3) is 4.79. The Kier molecular flexibility index (Phi) is 7.61. The van der Waals surface area contributed by atoms with E-state index in [2.05, 4.69) is 37.6 Å². The van der Waals surface area contributed by atoms with Crippen molar-refractivity contribution in [1.29, 1.82) is 0 Å². The first-order chi connectivity index (χ1) is 6.17. The van der Waals surface area contributed by atoms with Crippen LogP contribution in [-0.2, 0) is 0 Å². The monoisotopic (exact) mass is 202 g/mol. The van der Waals surface area contributed by atoms with Gasteiger partial charge in [-0.1, -0.05) is 13.8 Å². The molecule has 0 aliphatic heterocycles. The first kappa shape index (κ1) is 13.1. The lowest BCUT2D eigenvalue weighted by Crippen LogP contribution is -2.43. The van der Waals surface area contributed by atoms with Crippen LogP contribution in [0.3, 0.4) is 0 Å². The van der Waals surface area contributed by atoms with Gasteiger partial charge in [-0.15, -0.1) is 0 Å². The van der Waals surface area contributed by atoms with Crippen LogP contribution in [0.25, 0.3) is 0 Å². The Bertz CT molecular complexity index is 109. The number of nitrogens with one attached hydrogen (secondary N) is 1. The average molecular weight is 202 g/mol. The Balaban J connectivity index is 4.01. The molecule has 0 saturated carbocycles. The average Bonchev–Trinajstić information content (AvgIpc) is 2.17. The fourth-order valence-corrected chi connectivity index (χ4v) is 1.81. The van der Waals surface area contributed by atoms with Gasteiger partial charge in [0.2, 0.25) is 0 Å². The van der Waals surface area contributed by atoms with Gasteiger partial charge in [0.1, 0.15) is 0 Å². The van der Waals surface area contributed by atoms with Gasteiger partial charge in [-0.05, 0) is 26.7 Å². The number of hydrogen-bond donors (Lipinski definition) is 1. The fourth-order valence-electron chi connectivity index (χ4n) is 1.59. The summed E-state index contributed by atoms with van der Waals surface area (Å²) >= 11 is 0. The summed E-state index contributed by atoms with van der Waals surface area (Å²) in [6, 6.07) is 1.45. The third-order valence-corrected chi connectivity index (χ3v) is 3.43. The van der Waals surface area contributed by atoms with Crippen LogP contribution < -0.4 is 4.98 Å². The Labute approximate surface area is 86.6 Å². The standard InChI is InChI=1S/C10H26N2Si/c1-5-9(3)12(8-7-11-13)10(4)6-2/h9-11H,5-8H2,1-4,13H3. The van der Waals surface area contributed by atoms with Crippen molar-refractivity contribution in [3.63, 3.8) is 0 Å². The minimum Gasteiger partial charge on any atom is -0.344 e. The van der Waals surface area contributed by atoms with Crippen molar-refractivity contribution in [1.82, 2.24) is 9.88 Å². The van der Waals surface area contributed by atoms with E-state index in [-0.39, 0.29) is 0 Å². The Morgan fingerprint density at radius 3 is 1.92 bits per heavy atom. The number of rotatable bonds is 7. The van der Waals surface area contributed by atoms with Crippen LogP contribution in [0.4, 0.5) is 0 Å². The van der Waals surface area contributed by atoms with E-state index in [0.29, 0.717) is 0 Å². The van der Waals surface area contributed by atoms with E-state index in [1.54, 1.807) is 0 Å². The van der Waals surface area contributed by atoms with Gasteiger partial charge in [0.05, 0.1) is 10.4 Å². The van der Waals surface area contributed by atoms with Crippen LogP contribution in [0.5, 0.6) is 0 Å². The molecule has 2 atom stereocenters. The number of hydrogen-bond acceptors (Lipinski definition) is 2. The molecule has 0 aromatic rings. The van der Waals surface area contributed by atoms with E-state index in [9.17, 15) is 0 Å². The molecule has 0 aliphatic rings. The van der Waals surface area contributed by atoms with Gasteiger partial charge in [0.25, 0.3) is 0 Å². The van der Waals surface area contributed by atoms with Crippen LogP contribution >= 0.6 is 0 Å². The maximum absolute atomic E-state index is 3.35. The lowest BCUT2D eigenvalue weighted by molar-refractivity contribution is 0.149. The van der Waals surface area contributed by atoms with E-state index in [0.717, 1.165) is 29.0 Å². The molecule has 13 heavy (non-hydrogen) atoms. The van der Waals surface area contributed by atoms with Crippen molar-refractivity contribution in [3.8, 4) is 0 Å². The molecule has 2 nitrogen and oxygen atoms in total. The zero-order valence-electron chi connectivity index (χ0n) is 9.93. The molecule has 0 radical (unpaired) electrons. The van der Waals surface area contributed by atoms with Crippen molar-refractivity contribution in [2.45, 2.75) is 52.6 Å². The Morgan fingerprint density at radius 1 is 1.15 bits per heavy atom. The van der Waals surface area contributed by atoms with Gasteiger partial charge in [-0.25, -0.2) is 0 Å². The highest BCUT2D eigenvalue weighted by Crippen LogP contribution is 2.10. The first-order valence-corrected chi connectivity index (χ1v) is 6.57. The maximum Gasteiger partial charge on any atom is 0.0749 e. The van der Waals surface area contributed by atoms with Crippen LogP contribution in [0.1, 0.15) is 40.5 Å². The highest BCUT2D eigenvalue weighted by molar-refractivity contribution is 6.04. The van der Waals surface area contributed by atoms with Crippen LogP contribution in [0.2, 0.25) is 0 Å². The summed E-state index contributed by atoms with van der Waals surface area (Å²) in [6.07, 6.45) is 2.51. The molecular formula is C10H26N2Si. The van der Waals surface area contributed by atoms with E-state index in [1.807, 2.05) is 0 Å². The van der Waals surface area contributed by atoms with Gasteiger partial charge in [0.15, 0.2) is 0 Å². The molecule has 0 heterocycles. The molecule has 0 rings (SSSR count). The lowest BCUT2D eigenvalue weighted by atomic mass is 10.1. The molecule has 0 bridgehead atoms. The normalized spacial score (nSPS) is 16.4. The molecule has 80 valence electrons. The van der Waals surface area contributed by atoms with Crippen molar-refractivity contribution in [2.24, 2.45) is 0 Å². The van der Waals surface area contributed by atoms with Crippen molar-refractivity contribution >= 4 is 10.4 Å². The molecule has 3 heteroatoms. The molecular weight excluding hydrogens is 176 g/mol. The fraction of sp³-hybridized carbons (Fsp3) is 1.00. The predicted molar refractivity (Wildman–Crippen MR) is 64.2 cm³/mol. The largest absolute Gasteiger partial charge is 0.344 e. The van der Waals surface area contributed by atoms with Gasteiger partial charge in [-0.3, -0.25) is 4.90 Å². The highest BCUT2D eigenvalue weighted by Gasteiger charge is 2.16. The molecule has 0 fully saturated rings. The molecule has 0 aromatic carbocycles. The molecule has 2 unspecified atom stereocenters. The summed E-state index contributed by atoms with van der Waals surface area (Å²) in [5.74, 6) is 0. The second-order valence-electron chi connectivity index (χ2n) is 3.86. The Morgan fingerprint density at radius 2 is 1.62 bits per heavy atom. The lowest BCUT2D eigenvalue weighted by Gasteiger charge is -2.33. The minimum absolute atomic E-state index is 0.727. The SMILES string of the molecule is CCC(C)N(CCN[SiH3])C(C)CC. The summed E-state index contributed by atoms with van der Waals surface area (Å²) in [5, 5.41) is 0. The van der Waals surface area contributed by atoms with Gasteiger partial charge >= 0.3 is 0 Å². The topological polar surface area (TPSA) is 15.3 Å². The van der Waals surface area contributed by atoms with Crippen molar-refractivity contribution in [2.75, 3.05) is 13.1 Å². The number of nitrogens with zero attached hydrogens (tertiary/aromatic N) is 1. The zero-order valence-corrected chi connectivity index (χ0v) is 11.9. The zero-order chi connectivity index (χ0) is 10.3. The van der Waals surface area contributed by atoms with Gasteiger partial charge < -0.3 is 4.98 Å². The second-order valence-corrected chi connectivity index (χ2v) is 4.56. The smallest absolute Gasteiger partial charge is 0.0749 e. The summed E-state index contributed by atoms with van der Waals surface area (Å²) in [6.45, 7) is 11.6. The van der Waals surface area contributed by atoms with Gasteiger partial charge in [0, 0.05) is 25.2 Å². The van der Waals surface area contributed by atoms with Crippen LogP contribution in [0, 0.1) is 0 Å². The van der Waals surface area contributed by atoms with E-state index in [1.165, 1.54) is 19.4 Å². The summed E-state index contributed by atoms with van der Waals surface area (Å²) < 4.78 is 0. The van der Waals surface area contributed by atoms with Gasteiger partial charge in [-0.2, -0.15) is 0 Å². The summed E-state index contributed by atoms with van der Waals surface area (Å²) in [7, 11) is 1.11. The minimum atomic E-state index is 0.727. The quantitative estimate of drug-likeness (QED) is 0.613. The molecule has 0 aromatic heterocycles. The van der Waals surface area contributed by atoms with Crippen LogP contribution in [0.15, 0.2) is 0 Å². The van der Waals surface area contributed by atoms with Crippen LogP contribution in [-0.4, -0.2) is 40.5 Å². The molecule has 1 N–H and O–H groups in total. The predicted octanol–water partition coefficient (Wildman–Crippen LogP) is 0.755. The first-order valence-electron chi connectivity index (χ1n) is 5.57. The van der Waals surface area contributed by atoms with Crippen molar-refractivity contribution < 1.29 is 0 Å². The summed E-state index contributed by atoms with van der Waals surface area (Å²) in [4.78, 5) is 5.97. The molecule has 0 saturated heterocycles. The summed E-state index contributed by atoms with van der Waals surface area (Å²) in [5.41, 5.74) is 0.